The first kappa shape index (κ1) is 12.9. The Labute approximate surface area is 93.2 Å². The van der Waals surface area contributed by atoms with Gasteiger partial charge in [-0.25, -0.2) is 0 Å². The molecule has 1 atom stereocenters. The summed E-state index contributed by atoms with van der Waals surface area (Å²) in [6.07, 6.45) is 0.982. The largest absolute Gasteiger partial charge is 0.389 e. The van der Waals surface area contributed by atoms with Crippen LogP contribution in [0.1, 0.15) is 48.0 Å². The van der Waals surface area contributed by atoms with Gasteiger partial charge in [-0.05, 0) is 48.0 Å². The molecule has 0 radical (unpaired) electrons. The van der Waals surface area contributed by atoms with Crippen molar-refractivity contribution in [3.05, 3.63) is 0 Å². The third-order valence-electron chi connectivity index (χ3n) is 2.86. The van der Waals surface area contributed by atoms with E-state index in [2.05, 4.69) is 33.0 Å². The summed E-state index contributed by atoms with van der Waals surface area (Å²) in [4.78, 5) is 0. The zero-order valence-corrected chi connectivity index (χ0v) is 10.8. The van der Waals surface area contributed by atoms with Crippen molar-refractivity contribution in [3.63, 3.8) is 0 Å². The van der Waals surface area contributed by atoms with E-state index in [1.54, 1.807) is 0 Å². The molecular weight excluding hydrogens is 190 g/mol. The molecule has 0 aromatic rings. The van der Waals surface area contributed by atoms with Crippen molar-refractivity contribution in [2.45, 2.75) is 70.8 Å². The lowest BCUT2D eigenvalue weighted by Gasteiger charge is -2.29. The molecule has 2 N–H and O–H groups in total. The molecule has 0 unspecified atom stereocenters. The predicted molar refractivity (Wildman–Crippen MR) is 61.9 cm³/mol. The lowest BCUT2D eigenvalue weighted by Crippen LogP contribution is -2.48. The molecular formula is C12H25NO2. The monoisotopic (exact) mass is 215 g/mol. The predicted octanol–water partition coefficient (Wildman–Crippen LogP) is 1.69. The van der Waals surface area contributed by atoms with Gasteiger partial charge in [0.25, 0.3) is 0 Å². The zero-order chi connectivity index (χ0) is 11.9. The number of aliphatic hydroxyl groups is 1. The average molecular weight is 215 g/mol. The second-order valence-electron chi connectivity index (χ2n) is 6.42. The van der Waals surface area contributed by atoms with Crippen LogP contribution in [0.4, 0.5) is 0 Å². The van der Waals surface area contributed by atoms with Crippen LogP contribution in [0.3, 0.4) is 0 Å². The van der Waals surface area contributed by atoms with Crippen molar-refractivity contribution in [2.24, 2.45) is 0 Å². The Hall–Kier alpha value is -0.120. The van der Waals surface area contributed by atoms with Crippen LogP contribution in [0, 0.1) is 0 Å². The Bertz CT molecular complexity index is 228. The Morgan fingerprint density at radius 1 is 1.33 bits per heavy atom. The summed E-state index contributed by atoms with van der Waals surface area (Å²) in [6, 6.07) is 0.305. The highest BCUT2D eigenvalue weighted by Crippen LogP contribution is 2.37. The molecule has 1 heterocycles. The second kappa shape index (κ2) is 3.72. The highest BCUT2D eigenvalue weighted by Gasteiger charge is 2.45. The summed E-state index contributed by atoms with van der Waals surface area (Å²) in [5.41, 5.74) is -0.891. The molecule has 90 valence electrons. The van der Waals surface area contributed by atoms with Crippen molar-refractivity contribution in [1.29, 1.82) is 0 Å². The molecule has 3 heteroatoms. The molecule has 0 spiro atoms. The van der Waals surface area contributed by atoms with Crippen molar-refractivity contribution in [3.8, 4) is 0 Å². The molecule has 1 saturated heterocycles. The van der Waals surface area contributed by atoms with E-state index in [4.69, 9.17) is 4.74 Å². The van der Waals surface area contributed by atoms with E-state index in [-0.39, 0.29) is 11.2 Å². The van der Waals surface area contributed by atoms with E-state index in [9.17, 15) is 5.11 Å². The summed E-state index contributed by atoms with van der Waals surface area (Å²) >= 11 is 0. The third kappa shape index (κ3) is 3.74. The number of nitrogens with one attached hydrogen (secondary N) is 1. The molecule has 1 aliphatic heterocycles. The van der Waals surface area contributed by atoms with Gasteiger partial charge >= 0.3 is 0 Å². The van der Waals surface area contributed by atoms with Crippen LogP contribution in [0.5, 0.6) is 0 Å². The summed E-state index contributed by atoms with van der Waals surface area (Å²) in [5.74, 6) is 0. The van der Waals surface area contributed by atoms with E-state index in [1.807, 2.05) is 13.8 Å². The maximum absolute atomic E-state index is 9.67. The molecule has 3 nitrogen and oxygen atoms in total. The topological polar surface area (TPSA) is 41.5 Å². The molecule has 1 rings (SSSR count). The number of rotatable bonds is 3. The molecule has 1 fully saturated rings. The SMILES string of the molecule is CC(C)(O)CN[C@H]1CC(C)(C)OC1(C)C. The van der Waals surface area contributed by atoms with Gasteiger partial charge in [-0.3, -0.25) is 0 Å². The van der Waals surface area contributed by atoms with Crippen LogP contribution < -0.4 is 5.32 Å². The minimum absolute atomic E-state index is 0.0687. The maximum atomic E-state index is 9.67. The van der Waals surface area contributed by atoms with Crippen molar-refractivity contribution in [2.75, 3.05) is 6.54 Å². The normalized spacial score (nSPS) is 29.4. The molecule has 0 aromatic carbocycles. The Morgan fingerprint density at radius 3 is 2.20 bits per heavy atom. The fourth-order valence-electron chi connectivity index (χ4n) is 2.25. The first-order valence-corrected chi connectivity index (χ1v) is 5.68. The maximum Gasteiger partial charge on any atom is 0.0787 e. The molecule has 0 aliphatic carbocycles. The first-order chi connectivity index (χ1) is 6.52. The van der Waals surface area contributed by atoms with Crippen LogP contribution in [0.2, 0.25) is 0 Å². The molecule has 1 aliphatic rings. The van der Waals surface area contributed by atoms with Gasteiger partial charge in [0.05, 0.1) is 16.8 Å². The molecule has 0 bridgehead atoms. The molecule has 15 heavy (non-hydrogen) atoms. The summed E-state index contributed by atoms with van der Waals surface area (Å²) in [5, 5.41) is 13.1. The Morgan fingerprint density at radius 2 is 1.87 bits per heavy atom. The van der Waals surface area contributed by atoms with Crippen molar-refractivity contribution >= 4 is 0 Å². The van der Waals surface area contributed by atoms with Gasteiger partial charge in [-0.15, -0.1) is 0 Å². The number of hydrogen-bond donors (Lipinski definition) is 2. The van der Waals surface area contributed by atoms with Gasteiger partial charge < -0.3 is 15.2 Å². The van der Waals surface area contributed by atoms with Crippen LogP contribution in [0.15, 0.2) is 0 Å². The minimum Gasteiger partial charge on any atom is -0.389 e. The summed E-state index contributed by atoms with van der Waals surface area (Å²) in [7, 11) is 0. The Kier molecular flexibility index (Phi) is 3.21. The Balaban J connectivity index is 2.56. The highest BCUT2D eigenvalue weighted by atomic mass is 16.5. The van der Waals surface area contributed by atoms with E-state index >= 15 is 0 Å². The van der Waals surface area contributed by atoms with Gasteiger partial charge in [0.2, 0.25) is 0 Å². The van der Waals surface area contributed by atoms with Crippen LogP contribution in [0.25, 0.3) is 0 Å². The number of hydrogen-bond acceptors (Lipinski definition) is 3. The lowest BCUT2D eigenvalue weighted by atomic mass is 9.94. The van der Waals surface area contributed by atoms with Gasteiger partial charge in [0, 0.05) is 12.6 Å². The van der Waals surface area contributed by atoms with E-state index < -0.39 is 5.60 Å². The van der Waals surface area contributed by atoms with Gasteiger partial charge in [0.15, 0.2) is 0 Å². The number of ether oxygens (including phenoxy) is 1. The minimum atomic E-state index is -0.664. The first-order valence-electron chi connectivity index (χ1n) is 5.68. The van der Waals surface area contributed by atoms with Gasteiger partial charge in [0.1, 0.15) is 0 Å². The average Bonchev–Trinajstić information content (AvgIpc) is 2.13. The van der Waals surface area contributed by atoms with E-state index in [0.717, 1.165) is 6.42 Å². The highest BCUT2D eigenvalue weighted by molar-refractivity contribution is 4.99. The summed E-state index contributed by atoms with van der Waals surface area (Å²) in [6.45, 7) is 12.6. The molecule has 0 aromatic heterocycles. The lowest BCUT2D eigenvalue weighted by molar-refractivity contribution is -0.0707. The van der Waals surface area contributed by atoms with Crippen LogP contribution in [-0.2, 0) is 4.74 Å². The van der Waals surface area contributed by atoms with Crippen LogP contribution in [-0.4, -0.2) is 34.5 Å². The quantitative estimate of drug-likeness (QED) is 0.753. The van der Waals surface area contributed by atoms with Gasteiger partial charge in [-0.1, -0.05) is 0 Å². The van der Waals surface area contributed by atoms with E-state index in [1.165, 1.54) is 0 Å². The molecule has 0 amide bonds. The van der Waals surface area contributed by atoms with E-state index in [0.29, 0.717) is 12.6 Å². The third-order valence-corrected chi connectivity index (χ3v) is 2.86. The zero-order valence-electron chi connectivity index (χ0n) is 10.8. The second-order valence-corrected chi connectivity index (χ2v) is 6.42. The van der Waals surface area contributed by atoms with Gasteiger partial charge in [-0.2, -0.15) is 0 Å². The fraction of sp³-hybridized carbons (Fsp3) is 1.00. The smallest absolute Gasteiger partial charge is 0.0787 e. The molecule has 0 saturated carbocycles. The standard InChI is InChI=1S/C12H25NO2/c1-10(2,14)8-13-9-7-11(3,4)15-12(9,5)6/h9,13-14H,7-8H2,1-6H3/t9-/m0/s1. The fourth-order valence-corrected chi connectivity index (χ4v) is 2.25. The van der Waals surface area contributed by atoms with Crippen molar-refractivity contribution < 1.29 is 9.84 Å². The summed E-state index contributed by atoms with van der Waals surface area (Å²) < 4.78 is 5.97. The van der Waals surface area contributed by atoms with Crippen molar-refractivity contribution in [1.82, 2.24) is 5.32 Å². The van der Waals surface area contributed by atoms with Crippen LogP contribution >= 0.6 is 0 Å².